The zero-order valence-corrected chi connectivity index (χ0v) is 18.9. The first-order chi connectivity index (χ1) is 13.0. The highest BCUT2D eigenvalue weighted by atomic mass is 32.2. The summed E-state index contributed by atoms with van der Waals surface area (Å²) in [5.41, 5.74) is 1.69. The molecule has 1 saturated heterocycles. The summed E-state index contributed by atoms with van der Waals surface area (Å²) >= 11 is 0. The van der Waals surface area contributed by atoms with E-state index in [0.717, 1.165) is 21.9 Å². The SMILES string of the molecule is CC1=CO[C@@]23C(=C([Si](C)(C)C)C(=O)[C@H]2C1)CCN3S(=O)(=O)c1ccc(C)cc1. The minimum atomic E-state index is -3.79. The molecule has 1 aromatic carbocycles. The zero-order valence-electron chi connectivity index (χ0n) is 17.1. The summed E-state index contributed by atoms with van der Waals surface area (Å²) in [6.07, 6.45) is 2.75. The average molecular weight is 418 g/mol. The van der Waals surface area contributed by atoms with Gasteiger partial charge >= 0.3 is 0 Å². The Morgan fingerprint density at radius 3 is 2.39 bits per heavy atom. The molecule has 0 amide bonds. The van der Waals surface area contributed by atoms with Crippen LogP contribution >= 0.6 is 0 Å². The normalized spacial score (nSPS) is 28.1. The van der Waals surface area contributed by atoms with E-state index in [9.17, 15) is 13.2 Å². The van der Waals surface area contributed by atoms with Crippen LogP contribution in [-0.2, 0) is 19.6 Å². The van der Waals surface area contributed by atoms with E-state index in [0.29, 0.717) is 19.4 Å². The fraction of sp³-hybridized carbons (Fsp3) is 0.476. The molecule has 28 heavy (non-hydrogen) atoms. The van der Waals surface area contributed by atoms with Gasteiger partial charge in [0.15, 0.2) is 5.78 Å². The van der Waals surface area contributed by atoms with Gasteiger partial charge in [-0.25, -0.2) is 8.42 Å². The summed E-state index contributed by atoms with van der Waals surface area (Å²) in [5.74, 6) is -0.401. The number of rotatable bonds is 3. The molecular weight excluding hydrogens is 390 g/mol. The van der Waals surface area contributed by atoms with E-state index < -0.39 is 29.7 Å². The van der Waals surface area contributed by atoms with Crippen molar-refractivity contribution < 1.29 is 17.9 Å². The third-order valence-corrected chi connectivity index (χ3v) is 9.98. The number of ketones is 1. The van der Waals surface area contributed by atoms with Gasteiger partial charge in [0.05, 0.1) is 25.1 Å². The largest absolute Gasteiger partial charge is 0.475 e. The van der Waals surface area contributed by atoms with Gasteiger partial charge in [0.25, 0.3) is 0 Å². The molecule has 2 aliphatic heterocycles. The van der Waals surface area contributed by atoms with E-state index >= 15 is 0 Å². The first-order valence-corrected chi connectivity index (χ1v) is 14.6. The van der Waals surface area contributed by atoms with Crippen LogP contribution in [0.3, 0.4) is 0 Å². The molecule has 0 radical (unpaired) electrons. The molecule has 5 nitrogen and oxygen atoms in total. The predicted molar refractivity (Wildman–Crippen MR) is 111 cm³/mol. The van der Waals surface area contributed by atoms with Crippen LogP contribution in [-0.4, -0.2) is 38.8 Å². The number of benzene rings is 1. The van der Waals surface area contributed by atoms with Crippen LogP contribution in [0.15, 0.2) is 51.8 Å². The molecule has 150 valence electrons. The van der Waals surface area contributed by atoms with Crippen molar-refractivity contribution in [2.24, 2.45) is 5.92 Å². The maximum atomic E-state index is 13.6. The van der Waals surface area contributed by atoms with Crippen molar-refractivity contribution in [3.05, 3.63) is 52.4 Å². The van der Waals surface area contributed by atoms with Gasteiger partial charge < -0.3 is 4.74 Å². The summed E-state index contributed by atoms with van der Waals surface area (Å²) in [7, 11) is -5.75. The third-order valence-electron chi connectivity index (χ3n) is 6.03. The van der Waals surface area contributed by atoms with Gasteiger partial charge in [-0.3, -0.25) is 4.79 Å². The highest BCUT2D eigenvalue weighted by Crippen LogP contribution is 2.56. The van der Waals surface area contributed by atoms with E-state index in [-0.39, 0.29) is 10.7 Å². The van der Waals surface area contributed by atoms with Crippen molar-refractivity contribution in [3.63, 3.8) is 0 Å². The summed E-state index contributed by atoms with van der Waals surface area (Å²) in [6, 6.07) is 6.87. The molecule has 4 rings (SSSR count). The molecule has 2 heterocycles. The van der Waals surface area contributed by atoms with Crippen molar-refractivity contribution in [2.75, 3.05) is 6.54 Å². The first kappa shape index (κ1) is 19.6. The van der Waals surface area contributed by atoms with Crippen LogP contribution in [0.5, 0.6) is 0 Å². The number of Topliss-reactive ketones (excluding diaryl/α,β-unsaturated/α-hetero) is 1. The molecule has 1 fully saturated rings. The predicted octanol–water partition coefficient (Wildman–Crippen LogP) is 3.78. The van der Waals surface area contributed by atoms with Gasteiger partial charge in [-0.1, -0.05) is 37.3 Å². The molecule has 1 spiro atoms. The summed E-state index contributed by atoms with van der Waals surface area (Å²) in [4.78, 5) is 13.7. The number of carbonyl (C=O) groups excluding carboxylic acids is 1. The highest BCUT2D eigenvalue weighted by molar-refractivity contribution is 7.89. The Morgan fingerprint density at radius 1 is 1.14 bits per heavy atom. The number of allylic oxidation sites excluding steroid dienone is 2. The van der Waals surface area contributed by atoms with Crippen molar-refractivity contribution in [3.8, 4) is 0 Å². The Balaban J connectivity index is 1.91. The van der Waals surface area contributed by atoms with E-state index in [1.165, 1.54) is 4.31 Å². The van der Waals surface area contributed by atoms with Crippen molar-refractivity contribution in [2.45, 2.75) is 57.0 Å². The fourth-order valence-electron chi connectivity index (χ4n) is 4.86. The second-order valence-corrected chi connectivity index (χ2v) is 16.0. The molecule has 7 heteroatoms. The van der Waals surface area contributed by atoms with E-state index in [2.05, 4.69) is 19.6 Å². The maximum absolute atomic E-state index is 13.6. The third kappa shape index (κ3) is 2.59. The van der Waals surface area contributed by atoms with Gasteiger partial charge in [0, 0.05) is 6.54 Å². The molecule has 0 unspecified atom stereocenters. The summed E-state index contributed by atoms with van der Waals surface area (Å²) < 4.78 is 34.8. The van der Waals surface area contributed by atoms with Gasteiger partial charge in [-0.15, -0.1) is 0 Å². The van der Waals surface area contributed by atoms with Crippen LogP contribution in [0, 0.1) is 12.8 Å². The van der Waals surface area contributed by atoms with Crippen LogP contribution in [0.4, 0.5) is 0 Å². The Hall–Kier alpha value is -1.70. The van der Waals surface area contributed by atoms with Gasteiger partial charge in [-0.2, -0.15) is 4.31 Å². The Kier molecular flexibility index (Phi) is 4.30. The molecule has 0 bridgehead atoms. The van der Waals surface area contributed by atoms with Crippen molar-refractivity contribution >= 4 is 23.9 Å². The minimum Gasteiger partial charge on any atom is -0.475 e. The zero-order chi connectivity index (χ0) is 20.5. The number of hydrogen-bond donors (Lipinski definition) is 0. The van der Waals surface area contributed by atoms with Crippen LogP contribution < -0.4 is 0 Å². The topological polar surface area (TPSA) is 63.7 Å². The summed E-state index contributed by atoms with van der Waals surface area (Å²) in [6.45, 7) is 10.6. The molecule has 3 aliphatic rings. The monoisotopic (exact) mass is 417 g/mol. The number of ether oxygens (including phenoxy) is 1. The van der Waals surface area contributed by atoms with Crippen LogP contribution in [0.1, 0.15) is 25.3 Å². The van der Waals surface area contributed by atoms with Gasteiger partial charge in [0.1, 0.15) is 0 Å². The number of nitrogens with zero attached hydrogens (tertiary/aromatic N) is 1. The molecule has 0 aromatic heterocycles. The smallest absolute Gasteiger partial charge is 0.246 e. The van der Waals surface area contributed by atoms with Crippen molar-refractivity contribution in [1.29, 1.82) is 0 Å². The molecular formula is C21H27NO4SSi. The Bertz CT molecular complexity index is 1020. The van der Waals surface area contributed by atoms with Crippen LogP contribution in [0.2, 0.25) is 19.6 Å². The Labute approximate surface area is 168 Å². The molecule has 0 saturated carbocycles. The number of sulfonamides is 1. The minimum absolute atomic E-state index is 0.0884. The van der Waals surface area contributed by atoms with E-state index in [1.807, 2.05) is 13.8 Å². The maximum Gasteiger partial charge on any atom is 0.246 e. The molecule has 0 N–H and O–H groups in total. The summed E-state index contributed by atoms with van der Waals surface area (Å²) in [5, 5.41) is 0.877. The second-order valence-electron chi connectivity index (χ2n) is 9.14. The lowest BCUT2D eigenvalue weighted by atomic mass is 9.87. The van der Waals surface area contributed by atoms with Gasteiger partial charge in [-0.05, 0) is 55.2 Å². The fourth-order valence-corrected chi connectivity index (χ4v) is 8.69. The first-order valence-electron chi connectivity index (χ1n) is 9.71. The standard InChI is InChI=1S/C21H27NO4SSi/c1-14-6-8-16(9-7-14)27(24,25)22-11-10-17-20(28(3,4)5)19(23)18-12-15(2)13-26-21(17,18)22/h6-9,13,18H,10-12H2,1-5H3/t18-,21+/m1/s1. The van der Waals surface area contributed by atoms with E-state index in [1.54, 1.807) is 30.5 Å². The molecule has 1 aromatic rings. The van der Waals surface area contributed by atoms with Crippen LogP contribution in [0.25, 0.3) is 0 Å². The molecule has 1 aliphatic carbocycles. The van der Waals surface area contributed by atoms with Crippen molar-refractivity contribution in [1.82, 2.24) is 4.31 Å². The highest BCUT2D eigenvalue weighted by Gasteiger charge is 2.66. The average Bonchev–Trinajstić information content (AvgIpc) is 3.07. The lowest BCUT2D eigenvalue weighted by Crippen LogP contribution is -2.55. The number of aryl methyl sites for hydroxylation is 1. The number of hydrogen-bond acceptors (Lipinski definition) is 4. The van der Waals surface area contributed by atoms with Gasteiger partial charge in [0.2, 0.25) is 15.7 Å². The quantitative estimate of drug-likeness (QED) is 0.702. The lowest BCUT2D eigenvalue weighted by Gasteiger charge is -2.42. The second kappa shape index (κ2) is 6.15. The molecule has 2 atom stereocenters. The lowest BCUT2D eigenvalue weighted by molar-refractivity contribution is -0.131. The van der Waals surface area contributed by atoms with E-state index in [4.69, 9.17) is 4.74 Å². The number of carbonyl (C=O) groups is 1. The Morgan fingerprint density at radius 2 is 1.79 bits per heavy atom.